The highest BCUT2D eigenvalue weighted by Gasteiger charge is 2.27. The summed E-state index contributed by atoms with van der Waals surface area (Å²) in [6, 6.07) is 0. The fourth-order valence-corrected chi connectivity index (χ4v) is 2.85. The average molecular weight is 294 g/mol. The molecule has 1 amide bonds. The highest BCUT2D eigenvalue weighted by atomic mass is 16.5. The summed E-state index contributed by atoms with van der Waals surface area (Å²) in [6.07, 6.45) is 5.97. The van der Waals surface area contributed by atoms with Crippen molar-refractivity contribution in [3.8, 4) is 0 Å². The van der Waals surface area contributed by atoms with Crippen molar-refractivity contribution < 1.29 is 9.53 Å². The van der Waals surface area contributed by atoms with Gasteiger partial charge in [-0.2, -0.15) is 0 Å². The quantitative estimate of drug-likeness (QED) is 0.796. The number of carbonyl (C=O) groups is 1. The number of hydrogen-bond acceptors (Lipinski definition) is 6. The molecule has 0 bridgehead atoms. The molecule has 1 aromatic rings. The van der Waals surface area contributed by atoms with Crippen LogP contribution in [0.25, 0.3) is 0 Å². The van der Waals surface area contributed by atoms with E-state index in [1.807, 2.05) is 4.90 Å². The van der Waals surface area contributed by atoms with Gasteiger partial charge in [0.15, 0.2) is 0 Å². The van der Waals surface area contributed by atoms with Gasteiger partial charge in [-0.25, -0.2) is 4.68 Å². The number of nitrogens with zero attached hydrogens (tertiary/aromatic N) is 5. The summed E-state index contributed by atoms with van der Waals surface area (Å²) >= 11 is 0. The summed E-state index contributed by atoms with van der Waals surface area (Å²) in [5.41, 5.74) is 5.62. The van der Waals surface area contributed by atoms with E-state index < -0.39 is 0 Å². The maximum atomic E-state index is 12.5. The van der Waals surface area contributed by atoms with Crippen LogP contribution in [0.2, 0.25) is 0 Å². The first-order chi connectivity index (χ1) is 10.2. The molecular formula is C13H22N6O2. The van der Waals surface area contributed by atoms with Crippen molar-refractivity contribution in [3.05, 3.63) is 0 Å². The minimum absolute atomic E-state index is 0.0106. The van der Waals surface area contributed by atoms with Gasteiger partial charge in [0, 0.05) is 19.7 Å². The standard InChI is InChI=1S/C13H22N6O2/c14-13-15-16-17-19(13)9-12(20)18(7-10-3-1-4-10)8-11-5-2-6-21-11/h10-11H,1-9H2,(H2,14,15,17). The van der Waals surface area contributed by atoms with Crippen LogP contribution >= 0.6 is 0 Å². The van der Waals surface area contributed by atoms with Crippen LogP contribution in [-0.2, 0) is 16.1 Å². The lowest BCUT2D eigenvalue weighted by atomic mass is 9.85. The molecule has 2 heterocycles. The van der Waals surface area contributed by atoms with Crippen molar-refractivity contribution in [2.75, 3.05) is 25.4 Å². The van der Waals surface area contributed by atoms with E-state index in [-0.39, 0.29) is 24.5 Å². The number of hydrogen-bond donors (Lipinski definition) is 1. The number of aromatic nitrogens is 4. The Morgan fingerprint density at radius 1 is 1.33 bits per heavy atom. The van der Waals surface area contributed by atoms with E-state index in [1.54, 1.807) is 0 Å². The second-order valence-corrected chi connectivity index (χ2v) is 5.93. The first-order valence-electron chi connectivity index (χ1n) is 7.63. The maximum Gasteiger partial charge on any atom is 0.244 e. The van der Waals surface area contributed by atoms with E-state index in [4.69, 9.17) is 10.5 Å². The number of ether oxygens (including phenoxy) is 1. The van der Waals surface area contributed by atoms with E-state index in [0.29, 0.717) is 12.5 Å². The van der Waals surface area contributed by atoms with Crippen molar-refractivity contribution in [1.29, 1.82) is 0 Å². The molecule has 21 heavy (non-hydrogen) atoms. The summed E-state index contributed by atoms with van der Waals surface area (Å²) in [5, 5.41) is 10.8. The van der Waals surface area contributed by atoms with E-state index >= 15 is 0 Å². The molecule has 8 heteroatoms. The number of nitrogens with two attached hydrogens (primary N) is 1. The Balaban J connectivity index is 1.61. The van der Waals surface area contributed by atoms with Gasteiger partial charge < -0.3 is 15.4 Å². The van der Waals surface area contributed by atoms with Crippen LogP contribution in [0.4, 0.5) is 5.95 Å². The molecule has 116 valence electrons. The van der Waals surface area contributed by atoms with E-state index in [1.165, 1.54) is 23.9 Å². The van der Waals surface area contributed by atoms with Crippen LogP contribution in [0.1, 0.15) is 32.1 Å². The van der Waals surface area contributed by atoms with Gasteiger partial charge in [-0.15, -0.1) is 0 Å². The Kier molecular flexibility index (Phi) is 4.33. The van der Waals surface area contributed by atoms with Crippen LogP contribution < -0.4 is 5.73 Å². The average Bonchev–Trinajstić information content (AvgIpc) is 3.05. The van der Waals surface area contributed by atoms with Gasteiger partial charge in [0.05, 0.1) is 6.10 Å². The Morgan fingerprint density at radius 3 is 2.76 bits per heavy atom. The highest BCUT2D eigenvalue weighted by molar-refractivity contribution is 5.76. The molecule has 1 atom stereocenters. The van der Waals surface area contributed by atoms with Gasteiger partial charge in [-0.3, -0.25) is 4.79 Å². The molecule has 0 aromatic carbocycles. The Morgan fingerprint density at radius 2 is 2.19 bits per heavy atom. The topological polar surface area (TPSA) is 99.2 Å². The Bertz CT molecular complexity index is 481. The molecule has 0 spiro atoms. The number of nitrogen functional groups attached to an aromatic ring is 1. The second kappa shape index (κ2) is 6.38. The normalized spacial score (nSPS) is 22.2. The molecule has 0 radical (unpaired) electrons. The molecule has 2 N–H and O–H groups in total. The second-order valence-electron chi connectivity index (χ2n) is 5.93. The van der Waals surface area contributed by atoms with Gasteiger partial charge in [-0.1, -0.05) is 11.5 Å². The van der Waals surface area contributed by atoms with Crippen molar-refractivity contribution in [2.45, 2.75) is 44.8 Å². The largest absolute Gasteiger partial charge is 0.376 e. The molecule has 1 unspecified atom stereocenters. The van der Waals surface area contributed by atoms with E-state index in [0.717, 1.165) is 26.0 Å². The van der Waals surface area contributed by atoms with Gasteiger partial charge in [0.25, 0.3) is 0 Å². The molecule has 1 saturated heterocycles. The molecular weight excluding hydrogens is 272 g/mol. The van der Waals surface area contributed by atoms with Crippen LogP contribution in [0.15, 0.2) is 0 Å². The third-order valence-electron chi connectivity index (χ3n) is 4.35. The summed E-state index contributed by atoms with van der Waals surface area (Å²) in [6.45, 7) is 2.37. The lowest BCUT2D eigenvalue weighted by Crippen LogP contribution is -2.43. The fourth-order valence-electron chi connectivity index (χ4n) is 2.85. The lowest BCUT2D eigenvalue weighted by molar-refractivity contribution is -0.134. The number of rotatable bonds is 6. The molecule has 2 aliphatic rings. The minimum atomic E-state index is 0.0106. The number of carbonyl (C=O) groups excluding carboxylic acids is 1. The molecule has 1 aromatic heterocycles. The van der Waals surface area contributed by atoms with Gasteiger partial charge in [0.1, 0.15) is 6.54 Å². The molecule has 1 aliphatic carbocycles. The summed E-state index contributed by atoms with van der Waals surface area (Å²) in [5.74, 6) is 0.807. The first kappa shape index (κ1) is 14.2. The summed E-state index contributed by atoms with van der Waals surface area (Å²) < 4.78 is 7.00. The van der Waals surface area contributed by atoms with Crippen LogP contribution in [0.3, 0.4) is 0 Å². The van der Waals surface area contributed by atoms with Crippen LogP contribution in [0.5, 0.6) is 0 Å². The predicted molar refractivity (Wildman–Crippen MR) is 75.1 cm³/mol. The molecule has 1 aliphatic heterocycles. The van der Waals surface area contributed by atoms with E-state index in [2.05, 4.69) is 15.5 Å². The molecule has 3 rings (SSSR count). The Hall–Kier alpha value is -1.70. The van der Waals surface area contributed by atoms with Crippen molar-refractivity contribution in [1.82, 2.24) is 25.1 Å². The summed E-state index contributed by atoms with van der Waals surface area (Å²) in [7, 11) is 0. The maximum absolute atomic E-state index is 12.5. The minimum Gasteiger partial charge on any atom is -0.376 e. The highest BCUT2D eigenvalue weighted by Crippen LogP contribution is 2.27. The zero-order valence-electron chi connectivity index (χ0n) is 12.1. The van der Waals surface area contributed by atoms with E-state index in [9.17, 15) is 4.79 Å². The Labute approximate surface area is 123 Å². The zero-order valence-corrected chi connectivity index (χ0v) is 12.1. The van der Waals surface area contributed by atoms with Gasteiger partial charge in [0.2, 0.25) is 11.9 Å². The molecule has 1 saturated carbocycles. The number of tetrazole rings is 1. The van der Waals surface area contributed by atoms with Crippen molar-refractivity contribution in [2.24, 2.45) is 5.92 Å². The molecule has 8 nitrogen and oxygen atoms in total. The molecule has 2 fully saturated rings. The third-order valence-corrected chi connectivity index (χ3v) is 4.35. The fraction of sp³-hybridized carbons (Fsp3) is 0.846. The van der Waals surface area contributed by atoms with Crippen LogP contribution in [0, 0.1) is 5.92 Å². The lowest BCUT2D eigenvalue weighted by Gasteiger charge is -2.33. The number of anilines is 1. The predicted octanol–water partition coefficient (Wildman–Crippen LogP) is 0.0630. The van der Waals surface area contributed by atoms with Gasteiger partial charge >= 0.3 is 0 Å². The monoisotopic (exact) mass is 294 g/mol. The SMILES string of the molecule is Nc1nnnn1CC(=O)N(CC1CCC1)CC1CCCO1. The summed E-state index contributed by atoms with van der Waals surface area (Å²) in [4.78, 5) is 14.4. The van der Waals surface area contributed by atoms with Gasteiger partial charge in [-0.05, 0) is 42.0 Å². The smallest absolute Gasteiger partial charge is 0.244 e. The zero-order chi connectivity index (χ0) is 14.7. The first-order valence-corrected chi connectivity index (χ1v) is 7.63. The van der Waals surface area contributed by atoms with Crippen molar-refractivity contribution in [3.63, 3.8) is 0 Å². The number of amides is 1. The van der Waals surface area contributed by atoms with Crippen molar-refractivity contribution >= 4 is 11.9 Å². The van der Waals surface area contributed by atoms with Crippen LogP contribution in [-0.4, -0.2) is 56.8 Å². The third kappa shape index (κ3) is 3.49.